The molecule has 0 bridgehead atoms. The van der Waals surface area contributed by atoms with Crippen LogP contribution in [0.15, 0.2) is 0 Å². The highest BCUT2D eigenvalue weighted by Crippen LogP contribution is 2.22. The third-order valence-corrected chi connectivity index (χ3v) is 3.74. The van der Waals surface area contributed by atoms with Crippen molar-refractivity contribution in [1.82, 2.24) is 5.32 Å². The van der Waals surface area contributed by atoms with Crippen molar-refractivity contribution in [3.05, 3.63) is 0 Å². The Morgan fingerprint density at radius 1 is 1.37 bits per heavy atom. The number of hydrogen-bond donors (Lipinski definition) is 2. The van der Waals surface area contributed by atoms with Crippen LogP contribution < -0.4 is 5.32 Å². The average Bonchev–Trinajstić information content (AvgIpc) is 2.38. The van der Waals surface area contributed by atoms with Crippen molar-refractivity contribution < 1.29 is 9.53 Å². The first-order valence-electron chi connectivity index (χ1n) is 7.32. The molecule has 0 aliphatic carbocycles. The van der Waals surface area contributed by atoms with Crippen molar-refractivity contribution >= 4 is 11.7 Å². The van der Waals surface area contributed by atoms with E-state index < -0.39 is 5.41 Å². The second-order valence-electron chi connectivity index (χ2n) is 6.43. The zero-order valence-electron chi connectivity index (χ0n) is 12.7. The summed E-state index contributed by atoms with van der Waals surface area (Å²) in [5.74, 6) is 0.262. The summed E-state index contributed by atoms with van der Waals surface area (Å²) < 4.78 is 5.38. The van der Waals surface area contributed by atoms with Crippen LogP contribution in [-0.2, 0) is 9.53 Å². The summed E-state index contributed by atoms with van der Waals surface area (Å²) in [7, 11) is 0. The lowest BCUT2D eigenvalue weighted by Gasteiger charge is -2.28. The molecule has 19 heavy (non-hydrogen) atoms. The van der Waals surface area contributed by atoms with E-state index in [0.29, 0.717) is 12.5 Å². The van der Waals surface area contributed by atoms with Crippen molar-refractivity contribution in [2.75, 3.05) is 19.7 Å². The lowest BCUT2D eigenvalue weighted by atomic mass is 9.84. The van der Waals surface area contributed by atoms with Crippen LogP contribution in [0.1, 0.15) is 47.0 Å². The molecule has 1 heterocycles. The predicted molar refractivity (Wildman–Crippen MR) is 77.5 cm³/mol. The van der Waals surface area contributed by atoms with Crippen molar-refractivity contribution in [1.29, 1.82) is 5.41 Å². The summed E-state index contributed by atoms with van der Waals surface area (Å²) >= 11 is 0. The standard InChI is InChI=1S/C15H28N2O2/c1-5-11(10-19-14(18)15(2,3)4)13(16)12-6-8-17-9-7-12/h11-12,16-17H,5-10H2,1-4H3/t11-/m1/s1. The molecule has 2 N–H and O–H groups in total. The summed E-state index contributed by atoms with van der Waals surface area (Å²) in [6.45, 7) is 9.97. The van der Waals surface area contributed by atoms with Gasteiger partial charge in [0.25, 0.3) is 0 Å². The van der Waals surface area contributed by atoms with Crippen LogP contribution in [-0.4, -0.2) is 31.4 Å². The average molecular weight is 268 g/mol. The molecule has 0 radical (unpaired) electrons. The van der Waals surface area contributed by atoms with Crippen LogP contribution in [0.3, 0.4) is 0 Å². The van der Waals surface area contributed by atoms with E-state index in [0.717, 1.165) is 38.1 Å². The maximum atomic E-state index is 11.8. The van der Waals surface area contributed by atoms with E-state index in [4.69, 9.17) is 10.1 Å². The van der Waals surface area contributed by atoms with Crippen LogP contribution in [0.4, 0.5) is 0 Å². The van der Waals surface area contributed by atoms with Gasteiger partial charge in [0.05, 0.1) is 12.0 Å². The second-order valence-corrected chi connectivity index (χ2v) is 6.43. The third kappa shape index (κ3) is 4.94. The molecule has 0 aromatic carbocycles. The van der Waals surface area contributed by atoms with E-state index in [2.05, 4.69) is 12.2 Å². The summed E-state index contributed by atoms with van der Waals surface area (Å²) in [6.07, 6.45) is 2.92. The molecule has 1 fully saturated rings. The van der Waals surface area contributed by atoms with Crippen LogP contribution in [0, 0.1) is 22.7 Å². The molecule has 0 aromatic heterocycles. The second kappa shape index (κ2) is 7.04. The lowest BCUT2D eigenvalue weighted by molar-refractivity contribution is -0.153. The van der Waals surface area contributed by atoms with E-state index in [1.807, 2.05) is 20.8 Å². The molecular formula is C15H28N2O2. The molecule has 0 unspecified atom stereocenters. The number of carbonyl (C=O) groups excluding carboxylic acids is 1. The Balaban J connectivity index is 2.48. The highest BCUT2D eigenvalue weighted by Gasteiger charge is 2.27. The smallest absolute Gasteiger partial charge is 0.311 e. The number of hydrogen-bond acceptors (Lipinski definition) is 4. The minimum absolute atomic E-state index is 0.0781. The van der Waals surface area contributed by atoms with Gasteiger partial charge in [0, 0.05) is 11.6 Å². The first-order chi connectivity index (χ1) is 8.86. The van der Waals surface area contributed by atoms with Crippen molar-refractivity contribution in [3.8, 4) is 0 Å². The minimum atomic E-state index is -0.463. The van der Waals surface area contributed by atoms with E-state index in [1.54, 1.807) is 0 Å². The van der Waals surface area contributed by atoms with E-state index in [-0.39, 0.29) is 11.9 Å². The fourth-order valence-corrected chi connectivity index (χ4v) is 2.29. The van der Waals surface area contributed by atoms with Crippen molar-refractivity contribution in [3.63, 3.8) is 0 Å². The minimum Gasteiger partial charge on any atom is -0.465 e. The highest BCUT2D eigenvalue weighted by molar-refractivity contribution is 5.86. The molecule has 0 spiro atoms. The van der Waals surface area contributed by atoms with Gasteiger partial charge < -0.3 is 15.5 Å². The number of piperidine rings is 1. The molecule has 4 nitrogen and oxygen atoms in total. The molecule has 0 amide bonds. The summed E-state index contributed by atoms with van der Waals surface area (Å²) in [5.41, 5.74) is 0.306. The fraction of sp³-hybridized carbons (Fsp3) is 0.867. The lowest BCUT2D eigenvalue weighted by Crippen LogP contribution is -2.36. The van der Waals surface area contributed by atoms with Crippen LogP contribution in [0.5, 0.6) is 0 Å². The Morgan fingerprint density at radius 2 is 1.95 bits per heavy atom. The fourth-order valence-electron chi connectivity index (χ4n) is 2.29. The van der Waals surface area contributed by atoms with Gasteiger partial charge in [-0.1, -0.05) is 6.92 Å². The number of nitrogens with one attached hydrogen (secondary N) is 2. The maximum absolute atomic E-state index is 11.8. The molecule has 1 saturated heterocycles. The Bertz CT molecular complexity index is 315. The molecule has 1 rings (SSSR count). The molecular weight excluding hydrogens is 240 g/mol. The molecule has 0 aromatic rings. The third-order valence-electron chi connectivity index (χ3n) is 3.74. The summed E-state index contributed by atoms with van der Waals surface area (Å²) in [6, 6.07) is 0. The molecule has 4 heteroatoms. The van der Waals surface area contributed by atoms with Gasteiger partial charge in [0.1, 0.15) is 0 Å². The van der Waals surface area contributed by atoms with Gasteiger partial charge in [-0.15, -0.1) is 0 Å². The number of esters is 1. The number of carbonyl (C=O) groups is 1. The Kier molecular flexibility index (Phi) is 5.98. The zero-order chi connectivity index (χ0) is 14.5. The highest BCUT2D eigenvalue weighted by atomic mass is 16.5. The monoisotopic (exact) mass is 268 g/mol. The van der Waals surface area contributed by atoms with Crippen LogP contribution in [0.25, 0.3) is 0 Å². The van der Waals surface area contributed by atoms with Gasteiger partial charge >= 0.3 is 5.97 Å². The number of rotatable bonds is 5. The topological polar surface area (TPSA) is 62.2 Å². The normalized spacial score (nSPS) is 18.9. The van der Waals surface area contributed by atoms with Crippen molar-refractivity contribution in [2.24, 2.45) is 17.3 Å². The Hall–Kier alpha value is -0.900. The van der Waals surface area contributed by atoms with Gasteiger partial charge in [-0.05, 0) is 59.0 Å². The molecule has 1 aliphatic rings. The van der Waals surface area contributed by atoms with Gasteiger partial charge in [-0.25, -0.2) is 0 Å². The largest absolute Gasteiger partial charge is 0.465 e. The van der Waals surface area contributed by atoms with Gasteiger partial charge in [-0.3, -0.25) is 4.79 Å². The summed E-state index contributed by atoms with van der Waals surface area (Å²) in [5, 5.41) is 11.6. The molecule has 0 saturated carbocycles. The van der Waals surface area contributed by atoms with Crippen molar-refractivity contribution in [2.45, 2.75) is 47.0 Å². The van der Waals surface area contributed by atoms with E-state index in [9.17, 15) is 4.79 Å². The molecule has 1 atom stereocenters. The van der Waals surface area contributed by atoms with Crippen LogP contribution >= 0.6 is 0 Å². The number of ether oxygens (including phenoxy) is 1. The molecule has 110 valence electrons. The van der Waals surface area contributed by atoms with Crippen LogP contribution in [0.2, 0.25) is 0 Å². The Labute approximate surface area is 116 Å². The van der Waals surface area contributed by atoms with Gasteiger partial charge in [0.15, 0.2) is 0 Å². The summed E-state index contributed by atoms with van der Waals surface area (Å²) in [4.78, 5) is 11.8. The quantitative estimate of drug-likeness (QED) is 0.595. The maximum Gasteiger partial charge on any atom is 0.311 e. The van der Waals surface area contributed by atoms with Gasteiger partial charge in [0.2, 0.25) is 0 Å². The Morgan fingerprint density at radius 3 is 2.42 bits per heavy atom. The van der Waals surface area contributed by atoms with Gasteiger partial charge in [-0.2, -0.15) is 0 Å². The first kappa shape index (κ1) is 16.2. The molecule has 1 aliphatic heterocycles. The first-order valence-corrected chi connectivity index (χ1v) is 7.32. The predicted octanol–water partition coefficient (Wildman–Crippen LogP) is 2.62. The van der Waals surface area contributed by atoms with E-state index in [1.165, 1.54) is 0 Å². The zero-order valence-corrected chi connectivity index (χ0v) is 12.7. The SMILES string of the molecule is CC[C@H](COC(=O)C(C)(C)C)C(=N)C1CCNCC1. The van der Waals surface area contributed by atoms with E-state index >= 15 is 0 Å².